The molecule has 0 unspecified atom stereocenters. The number of nitriles is 1. The lowest BCUT2D eigenvalue weighted by Crippen LogP contribution is -2.19. The number of ether oxygens (including phenoxy) is 1. The molecular formula is C26H16Cl3N3O4S. The highest BCUT2D eigenvalue weighted by molar-refractivity contribution is 7.92. The van der Waals surface area contributed by atoms with Crippen LogP contribution in [0.1, 0.15) is 15.9 Å². The summed E-state index contributed by atoms with van der Waals surface area (Å²) in [5.41, 5.74) is 0.168. The monoisotopic (exact) mass is 571 g/mol. The molecule has 0 aliphatic heterocycles. The summed E-state index contributed by atoms with van der Waals surface area (Å²) in [6.45, 7) is 0. The van der Waals surface area contributed by atoms with E-state index in [1.165, 1.54) is 54.6 Å². The molecule has 37 heavy (non-hydrogen) atoms. The lowest BCUT2D eigenvalue weighted by atomic mass is 10.1. The molecule has 0 saturated carbocycles. The Morgan fingerprint density at radius 1 is 0.838 bits per heavy atom. The Morgan fingerprint density at radius 3 is 2.24 bits per heavy atom. The Kier molecular flexibility index (Phi) is 7.91. The van der Waals surface area contributed by atoms with Crippen molar-refractivity contribution in [1.29, 1.82) is 5.26 Å². The molecule has 0 saturated heterocycles. The van der Waals surface area contributed by atoms with Crippen molar-refractivity contribution in [2.75, 3.05) is 10.0 Å². The van der Waals surface area contributed by atoms with Crippen molar-refractivity contribution in [3.05, 3.63) is 111 Å². The van der Waals surface area contributed by atoms with Crippen LogP contribution in [0.5, 0.6) is 11.5 Å². The Hall–Kier alpha value is -3.74. The molecule has 4 rings (SSSR count). The molecule has 2 N–H and O–H groups in total. The fourth-order valence-corrected chi connectivity index (χ4v) is 4.91. The van der Waals surface area contributed by atoms with Crippen LogP contribution in [0.4, 0.5) is 11.4 Å². The Labute approximate surface area is 228 Å². The summed E-state index contributed by atoms with van der Waals surface area (Å²) < 4.78 is 34.3. The van der Waals surface area contributed by atoms with Crippen LogP contribution in [0.3, 0.4) is 0 Å². The van der Waals surface area contributed by atoms with Crippen molar-refractivity contribution >= 4 is 62.1 Å². The van der Waals surface area contributed by atoms with Gasteiger partial charge >= 0.3 is 0 Å². The van der Waals surface area contributed by atoms with Crippen molar-refractivity contribution in [3.8, 4) is 17.6 Å². The van der Waals surface area contributed by atoms with Crippen LogP contribution in [-0.4, -0.2) is 14.3 Å². The van der Waals surface area contributed by atoms with E-state index < -0.39 is 15.9 Å². The van der Waals surface area contributed by atoms with Gasteiger partial charge in [-0.2, -0.15) is 5.26 Å². The van der Waals surface area contributed by atoms with Gasteiger partial charge in [-0.05, 0) is 66.7 Å². The van der Waals surface area contributed by atoms with Crippen molar-refractivity contribution < 1.29 is 17.9 Å². The number of hydrogen-bond acceptors (Lipinski definition) is 5. The maximum absolute atomic E-state index is 13.1. The second-order valence-corrected chi connectivity index (χ2v) is 10.5. The quantitative estimate of drug-likeness (QED) is 0.240. The highest BCUT2D eigenvalue weighted by Crippen LogP contribution is 2.31. The summed E-state index contributed by atoms with van der Waals surface area (Å²) in [5, 5.41) is 12.7. The van der Waals surface area contributed by atoms with Crippen LogP contribution in [0.25, 0.3) is 0 Å². The number of amides is 1. The number of halogens is 3. The fraction of sp³-hybridized carbons (Fsp3) is 0. The molecular weight excluding hydrogens is 557 g/mol. The zero-order valence-electron chi connectivity index (χ0n) is 18.7. The van der Waals surface area contributed by atoms with Crippen LogP contribution < -0.4 is 14.8 Å². The summed E-state index contributed by atoms with van der Waals surface area (Å²) in [4.78, 5) is 13.0. The maximum atomic E-state index is 13.1. The van der Waals surface area contributed by atoms with Crippen LogP contribution >= 0.6 is 34.8 Å². The van der Waals surface area contributed by atoms with Crippen LogP contribution in [0, 0.1) is 11.3 Å². The molecule has 0 aliphatic rings. The van der Waals surface area contributed by atoms with E-state index >= 15 is 0 Å². The molecule has 4 aromatic rings. The van der Waals surface area contributed by atoms with Gasteiger partial charge in [0.1, 0.15) is 17.6 Å². The molecule has 4 aromatic carbocycles. The van der Waals surface area contributed by atoms with Gasteiger partial charge in [0.25, 0.3) is 15.9 Å². The number of sulfonamides is 1. The summed E-state index contributed by atoms with van der Waals surface area (Å²) in [6.07, 6.45) is 0. The number of anilines is 2. The molecule has 0 heterocycles. The first kappa shape index (κ1) is 26.3. The third kappa shape index (κ3) is 6.16. The number of carbonyl (C=O) groups is 1. The third-order valence-electron chi connectivity index (χ3n) is 5.04. The smallest absolute Gasteiger partial charge is 0.261 e. The molecule has 0 aromatic heterocycles. The minimum Gasteiger partial charge on any atom is -0.456 e. The first-order chi connectivity index (χ1) is 17.7. The predicted octanol–water partition coefficient (Wildman–Crippen LogP) is 7.36. The summed E-state index contributed by atoms with van der Waals surface area (Å²) in [5.74, 6) is 0.116. The van der Waals surface area contributed by atoms with E-state index in [9.17, 15) is 18.5 Å². The Bertz CT molecular complexity index is 1640. The van der Waals surface area contributed by atoms with E-state index in [0.29, 0.717) is 16.5 Å². The molecule has 0 atom stereocenters. The van der Waals surface area contributed by atoms with Gasteiger partial charge in [-0.25, -0.2) is 8.42 Å². The van der Waals surface area contributed by atoms with Gasteiger partial charge in [-0.3, -0.25) is 9.52 Å². The van der Waals surface area contributed by atoms with E-state index in [1.54, 1.807) is 30.3 Å². The van der Waals surface area contributed by atoms with Crippen LogP contribution in [-0.2, 0) is 10.0 Å². The van der Waals surface area contributed by atoms with Gasteiger partial charge in [0, 0.05) is 5.02 Å². The number of benzene rings is 4. The first-order valence-electron chi connectivity index (χ1n) is 10.5. The van der Waals surface area contributed by atoms with Crippen molar-refractivity contribution in [2.45, 2.75) is 4.90 Å². The molecule has 0 bridgehead atoms. The number of carbonyl (C=O) groups excluding carboxylic acids is 1. The second-order valence-electron chi connectivity index (χ2n) is 7.53. The zero-order chi connectivity index (χ0) is 26.6. The number of nitrogens with zero attached hydrogens (tertiary/aromatic N) is 1. The Morgan fingerprint density at radius 2 is 1.54 bits per heavy atom. The number of nitrogens with one attached hydrogen (secondary N) is 2. The SMILES string of the molecule is N#Cc1c(Cl)cccc1NC(=O)c1cc(Cl)ccc1NS(=O)(=O)c1ccc(Oc2ccccc2Cl)cc1. The molecule has 186 valence electrons. The van der Waals surface area contributed by atoms with Gasteiger partial charge in [-0.1, -0.05) is 53.0 Å². The van der Waals surface area contributed by atoms with Gasteiger partial charge in [0.05, 0.1) is 37.4 Å². The van der Waals surface area contributed by atoms with Gasteiger partial charge in [-0.15, -0.1) is 0 Å². The number of hydrogen-bond donors (Lipinski definition) is 2. The fourth-order valence-electron chi connectivity index (χ4n) is 3.27. The van der Waals surface area contributed by atoms with Crippen molar-refractivity contribution in [3.63, 3.8) is 0 Å². The van der Waals surface area contributed by atoms with Gasteiger partial charge < -0.3 is 10.1 Å². The van der Waals surface area contributed by atoms with E-state index in [0.717, 1.165) is 0 Å². The van der Waals surface area contributed by atoms with E-state index in [2.05, 4.69) is 10.0 Å². The molecule has 11 heteroatoms. The van der Waals surface area contributed by atoms with Gasteiger partial charge in [0.2, 0.25) is 0 Å². The summed E-state index contributed by atoms with van der Waals surface area (Å²) in [7, 11) is -4.10. The highest BCUT2D eigenvalue weighted by atomic mass is 35.5. The number of para-hydroxylation sites is 1. The minimum atomic E-state index is -4.10. The Balaban J connectivity index is 1.58. The minimum absolute atomic E-state index is 0.0150. The highest BCUT2D eigenvalue weighted by Gasteiger charge is 2.21. The first-order valence-corrected chi connectivity index (χ1v) is 13.1. The normalized spacial score (nSPS) is 10.9. The molecule has 7 nitrogen and oxygen atoms in total. The van der Waals surface area contributed by atoms with Crippen molar-refractivity contribution in [2.24, 2.45) is 0 Å². The van der Waals surface area contributed by atoms with Crippen LogP contribution in [0.15, 0.2) is 89.8 Å². The predicted molar refractivity (Wildman–Crippen MR) is 144 cm³/mol. The largest absolute Gasteiger partial charge is 0.456 e. The molecule has 0 radical (unpaired) electrons. The van der Waals surface area contributed by atoms with E-state index in [-0.39, 0.29) is 37.4 Å². The molecule has 1 amide bonds. The molecule has 0 aliphatic carbocycles. The molecule has 0 fully saturated rings. The van der Waals surface area contributed by atoms with Gasteiger partial charge in [0.15, 0.2) is 0 Å². The number of rotatable bonds is 7. The lowest BCUT2D eigenvalue weighted by Gasteiger charge is -2.14. The zero-order valence-corrected chi connectivity index (χ0v) is 21.8. The topological polar surface area (TPSA) is 108 Å². The van der Waals surface area contributed by atoms with Crippen molar-refractivity contribution in [1.82, 2.24) is 0 Å². The van der Waals surface area contributed by atoms with Crippen LogP contribution in [0.2, 0.25) is 15.1 Å². The second kappa shape index (κ2) is 11.1. The van der Waals surface area contributed by atoms with E-state index in [4.69, 9.17) is 39.5 Å². The molecule has 0 spiro atoms. The third-order valence-corrected chi connectivity index (χ3v) is 7.29. The summed E-state index contributed by atoms with van der Waals surface area (Å²) in [6, 6.07) is 23.2. The average Bonchev–Trinajstić information content (AvgIpc) is 2.87. The summed E-state index contributed by atoms with van der Waals surface area (Å²) >= 11 is 18.2. The average molecular weight is 573 g/mol. The standard InChI is InChI=1S/C26H16Cl3N3O4S/c27-16-8-13-24(19(14-16)26(33)31-23-6-3-5-21(28)20(23)15-30)32-37(34,35)18-11-9-17(10-12-18)36-25-7-2-1-4-22(25)29/h1-14,32H,(H,31,33). The maximum Gasteiger partial charge on any atom is 0.261 e. The lowest BCUT2D eigenvalue weighted by molar-refractivity contribution is 0.102. The van der Waals surface area contributed by atoms with E-state index in [1.807, 2.05) is 6.07 Å².